The molecule has 0 bridgehead atoms. The lowest BCUT2D eigenvalue weighted by Crippen LogP contribution is -2.39. The smallest absolute Gasteiger partial charge is 0.269 e. The number of rotatable bonds is 4. The highest BCUT2D eigenvalue weighted by molar-refractivity contribution is 5.92. The van der Waals surface area contributed by atoms with Crippen LogP contribution in [0.2, 0.25) is 0 Å². The van der Waals surface area contributed by atoms with Gasteiger partial charge in [0.05, 0.1) is 12.2 Å². The van der Waals surface area contributed by atoms with E-state index in [4.69, 9.17) is 4.42 Å². The summed E-state index contributed by atoms with van der Waals surface area (Å²) in [5.74, 6) is 0.863. The van der Waals surface area contributed by atoms with Gasteiger partial charge in [0.15, 0.2) is 0 Å². The molecule has 6 heteroatoms. The van der Waals surface area contributed by atoms with Crippen molar-refractivity contribution in [2.45, 2.75) is 26.4 Å². The molecule has 0 saturated carbocycles. The quantitative estimate of drug-likeness (QED) is 0.882. The van der Waals surface area contributed by atoms with E-state index in [-0.39, 0.29) is 12.5 Å². The molecule has 6 nitrogen and oxygen atoms in total. The number of furan rings is 1. The summed E-state index contributed by atoms with van der Waals surface area (Å²) in [6, 6.07) is 5.17. The Morgan fingerprint density at radius 3 is 2.70 bits per heavy atom. The van der Waals surface area contributed by atoms with Crippen molar-refractivity contribution in [2.24, 2.45) is 7.05 Å². The van der Waals surface area contributed by atoms with Crippen LogP contribution >= 0.6 is 0 Å². The van der Waals surface area contributed by atoms with Gasteiger partial charge in [0.2, 0.25) is 0 Å². The average Bonchev–Trinajstić information content (AvgIpc) is 2.93. The Labute approximate surface area is 117 Å². The van der Waals surface area contributed by atoms with Crippen LogP contribution in [-0.4, -0.2) is 27.3 Å². The van der Waals surface area contributed by atoms with Crippen molar-refractivity contribution < 1.29 is 14.3 Å². The molecule has 2 aromatic heterocycles. The number of nitrogens with one attached hydrogen (secondary N) is 1. The monoisotopic (exact) mass is 277 g/mol. The van der Waals surface area contributed by atoms with Gasteiger partial charge in [-0.3, -0.25) is 9.48 Å². The van der Waals surface area contributed by atoms with Gasteiger partial charge in [-0.1, -0.05) is 0 Å². The van der Waals surface area contributed by atoms with E-state index in [1.54, 1.807) is 39.1 Å². The fourth-order valence-corrected chi connectivity index (χ4v) is 1.98. The van der Waals surface area contributed by atoms with Crippen LogP contribution in [0.25, 0.3) is 0 Å². The maximum Gasteiger partial charge on any atom is 0.269 e. The summed E-state index contributed by atoms with van der Waals surface area (Å²) < 4.78 is 6.91. The predicted octanol–water partition coefficient (Wildman–Crippen LogP) is 1.27. The van der Waals surface area contributed by atoms with Gasteiger partial charge in [-0.05, 0) is 39.0 Å². The molecule has 2 rings (SSSR count). The third-order valence-corrected chi connectivity index (χ3v) is 3.10. The molecule has 0 aliphatic rings. The molecule has 2 heterocycles. The number of aryl methyl sites for hydroxylation is 3. The fraction of sp³-hybridized carbons (Fsp3) is 0.429. The molecule has 0 spiro atoms. The molecule has 0 fully saturated rings. The van der Waals surface area contributed by atoms with Crippen LogP contribution in [0, 0.1) is 13.8 Å². The summed E-state index contributed by atoms with van der Waals surface area (Å²) in [4.78, 5) is 12.0. The Morgan fingerprint density at radius 1 is 1.50 bits per heavy atom. The molecule has 2 N–H and O–H groups in total. The lowest BCUT2D eigenvalue weighted by molar-refractivity contribution is 0.0322. The number of aromatic nitrogens is 2. The summed E-state index contributed by atoms with van der Waals surface area (Å²) >= 11 is 0. The van der Waals surface area contributed by atoms with Crippen LogP contribution in [0.3, 0.4) is 0 Å². The maximum atomic E-state index is 12.0. The second-order valence-electron chi connectivity index (χ2n) is 5.16. The first-order valence-electron chi connectivity index (χ1n) is 6.38. The van der Waals surface area contributed by atoms with E-state index < -0.39 is 5.60 Å². The van der Waals surface area contributed by atoms with Crippen molar-refractivity contribution >= 4 is 5.91 Å². The predicted molar refractivity (Wildman–Crippen MR) is 73.3 cm³/mol. The van der Waals surface area contributed by atoms with Crippen LogP contribution < -0.4 is 5.32 Å². The third-order valence-electron chi connectivity index (χ3n) is 3.10. The van der Waals surface area contributed by atoms with Crippen LogP contribution in [0.4, 0.5) is 0 Å². The normalized spacial score (nSPS) is 14.1. The van der Waals surface area contributed by atoms with E-state index in [1.807, 2.05) is 6.92 Å². The van der Waals surface area contributed by atoms with Crippen molar-refractivity contribution in [2.75, 3.05) is 6.54 Å². The topological polar surface area (TPSA) is 80.3 Å². The van der Waals surface area contributed by atoms with E-state index in [9.17, 15) is 9.90 Å². The maximum absolute atomic E-state index is 12.0. The first-order chi connectivity index (χ1) is 9.29. The molecule has 108 valence electrons. The Kier molecular flexibility index (Phi) is 3.67. The Bertz CT molecular complexity index is 625. The number of amides is 1. The van der Waals surface area contributed by atoms with Crippen LogP contribution in [-0.2, 0) is 12.6 Å². The minimum atomic E-state index is -1.25. The molecule has 0 radical (unpaired) electrons. The van der Waals surface area contributed by atoms with E-state index >= 15 is 0 Å². The highest BCUT2D eigenvalue weighted by Crippen LogP contribution is 2.22. The lowest BCUT2D eigenvalue weighted by atomic mass is 10.0. The number of hydrogen-bond acceptors (Lipinski definition) is 4. The number of nitrogens with zero attached hydrogens (tertiary/aromatic N) is 2. The van der Waals surface area contributed by atoms with Gasteiger partial charge in [-0.2, -0.15) is 5.10 Å². The molecule has 20 heavy (non-hydrogen) atoms. The Balaban J connectivity index is 2.04. The van der Waals surface area contributed by atoms with E-state index in [1.165, 1.54) is 4.68 Å². The molecule has 0 aliphatic carbocycles. The van der Waals surface area contributed by atoms with Gasteiger partial charge in [0, 0.05) is 7.05 Å². The summed E-state index contributed by atoms with van der Waals surface area (Å²) in [7, 11) is 1.70. The number of carbonyl (C=O) groups is 1. The van der Waals surface area contributed by atoms with Gasteiger partial charge in [0.25, 0.3) is 5.91 Å². The molecule has 0 aliphatic heterocycles. The van der Waals surface area contributed by atoms with Crippen molar-refractivity contribution in [3.63, 3.8) is 0 Å². The first-order valence-corrected chi connectivity index (χ1v) is 6.38. The zero-order valence-corrected chi connectivity index (χ0v) is 12.1. The Hall–Kier alpha value is -2.08. The minimum Gasteiger partial charge on any atom is -0.463 e. The van der Waals surface area contributed by atoms with Crippen molar-refractivity contribution in [3.05, 3.63) is 41.1 Å². The second kappa shape index (κ2) is 5.13. The molecule has 2 aromatic rings. The molecule has 0 saturated heterocycles. The first kappa shape index (κ1) is 14.3. The van der Waals surface area contributed by atoms with Gasteiger partial charge in [-0.25, -0.2) is 0 Å². The van der Waals surface area contributed by atoms with Gasteiger partial charge in [-0.15, -0.1) is 0 Å². The number of aliphatic hydroxyl groups is 1. The van der Waals surface area contributed by atoms with Crippen molar-refractivity contribution in [1.82, 2.24) is 15.1 Å². The highest BCUT2D eigenvalue weighted by Gasteiger charge is 2.28. The average molecular weight is 277 g/mol. The van der Waals surface area contributed by atoms with Crippen molar-refractivity contribution in [1.29, 1.82) is 0 Å². The van der Waals surface area contributed by atoms with E-state index in [0.717, 1.165) is 5.69 Å². The molecule has 1 unspecified atom stereocenters. The molecular weight excluding hydrogens is 258 g/mol. The van der Waals surface area contributed by atoms with Crippen LogP contribution in [0.1, 0.15) is 34.6 Å². The van der Waals surface area contributed by atoms with E-state index in [0.29, 0.717) is 17.2 Å². The summed E-state index contributed by atoms with van der Waals surface area (Å²) in [5, 5.41) is 17.1. The fourth-order valence-electron chi connectivity index (χ4n) is 1.98. The van der Waals surface area contributed by atoms with Gasteiger partial charge >= 0.3 is 0 Å². The Morgan fingerprint density at radius 2 is 2.20 bits per heavy atom. The largest absolute Gasteiger partial charge is 0.463 e. The number of hydrogen-bond donors (Lipinski definition) is 2. The molecule has 0 aromatic carbocycles. The molecule has 1 atom stereocenters. The summed E-state index contributed by atoms with van der Waals surface area (Å²) in [6.45, 7) is 5.28. The van der Waals surface area contributed by atoms with E-state index in [2.05, 4.69) is 10.4 Å². The van der Waals surface area contributed by atoms with Crippen molar-refractivity contribution in [3.8, 4) is 0 Å². The van der Waals surface area contributed by atoms with Gasteiger partial charge < -0.3 is 14.8 Å². The highest BCUT2D eigenvalue weighted by atomic mass is 16.4. The van der Waals surface area contributed by atoms with Crippen LogP contribution in [0.5, 0.6) is 0 Å². The second-order valence-corrected chi connectivity index (χ2v) is 5.16. The zero-order chi connectivity index (χ0) is 14.9. The standard InChI is InChI=1S/C14H19N3O3/c1-9-7-11(17(4)16-9)13(18)15-8-14(3,19)12-6-5-10(2)20-12/h5-7,19H,8H2,1-4H3,(H,15,18). The molecule has 1 amide bonds. The van der Waals surface area contributed by atoms with Crippen LogP contribution in [0.15, 0.2) is 22.6 Å². The number of carbonyl (C=O) groups excluding carboxylic acids is 1. The molecular formula is C14H19N3O3. The summed E-state index contributed by atoms with van der Waals surface area (Å²) in [6.07, 6.45) is 0. The zero-order valence-electron chi connectivity index (χ0n) is 12.1. The SMILES string of the molecule is Cc1cc(C(=O)NCC(C)(O)c2ccc(C)o2)n(C)n1. The lowest BCUT2D eigenvalue weighted by Gasteiger charge is -2.21. The van der Waals surface area contributed by atoms with Gasteiger partial charge in [0.1, 0.15) is 22.8 Å². The summed E-state index contributed by atoms with van der Waals surface area (Å²) in [5.41, 5.74) is -0.0302. The third kappa shape index (κ3) is 2.91. The minimum absolute atomic E-state index is 0.0585.